The van der Waals surface area contributed by atoms with Crippen LogP contribution in [0.5, 0.6) is 0 Å². The molecule has 0 aliphatic rings. The molecule has 0 aliphatic carbocycles. The van der Waals surface area contributed by atoms with Crippen LogP contribution in [-0.2, 0) is 0 Å². The van der Waals surface area contributed by atoms with Gasteiger partial charge in [-0.2, -0.15) is 0 Å². The van der Waals surface area contributed by atoms with Gasteiger partial charge in [-0.15, -0.1) is 11.3 Å². The van der Waals surface area contributed by atoms with Gasteiger partial charge >= 0.3 is 0 Å². The first kappa shape index (κ1) is 28.5. The van der Waals surface area contributed by atoms with E-state index in [0.717, 1.165) is 0 Å². The molecule has 0 spiro atoms. The molecule has 1 aromatic heterocycles. The summed E-state index contributed by atoms with van der Waals surface area (Å²) in [5.41, 5.74) is 7.63. The van der Waals surface area contributed by atoms with Gasteiger partial charge in [0, 0.05) is 20.2 Å². The Morgan fingerprint density at radius 3 is 1.59 bits per heavy atom. The lowest BCUT2D eigenvalue weighted by Gasteiger charge is -2.19. The van der Waals surface area contributed by atoms with Crippen molar-refractivity contribution < 1.29 is 0 Å². The number of hydrogen-bond donors (Lipinski definition) is 0. The summed E-state index contributed by atoms with van der Waals surface area (Å²) in [6, 6.07) is 67.5. The molecular weight excluding hydrogens is 633 g/mol. The van der Waals surface area contributed by atoms with Crippen molar-refractivity contribution in [2.24, 2.45) is 0 Å². The maximum Gasteiger partial charge on any atom is 0.0361 e. The second kappa shape index (κ2) is 11.1. The number of benzene rings is 10. The summed E-state index contributed by atoms with van der Waals surface area (Å²) in [5, 5.41) is 15.5. The van der Waals surface area contributed by atoms with Crippen LogP contribution in [0.4, 0.5) is 0 Å². The first-order chi connectivity index (χ1) is 25.3. The molecule has 1 heterocycles. The molecule has 0 saturated carbocycles. The molecule has 11 aromatic rings. The summed E-state index contributed by atoms with van der Waals surface area (Å²) < 4.78 is 2.69. The van der Waals surface area contributed by atoms with E-state index in [4.69, 9.17) is 0 Å². The third-order valence-corrected chi connectivity index (χ3v) is 12.0. The Kier molecular flexibility index (Phi) is 6.22. The van der Waals surface area contributed by atoms with E-state index in [0.29, 0.717) is 0 Å². The molecule has 1 heteroatoms. The van der Waals surface area contributed by atoms with Crippen LogP contribution in [0.15, 0.2) is 182 Å². The van der Waals surface area contributed by atoms with Gasteiger partial charge in [-0.25, -0.2) is 0 Å². The first-order valence-corrected chi connectivity index (χ1v) is 18.4. The Balaban J connectivity index is 1.09. The smallest absolute Gasteiger partial charge is 0.0361 e. The molecule has 10 aromatic carbocycles. The van der Waals surface area contributed by atoms with Crippen LogP contribution >= 0.6 is 11.3 Å². The SMILES string of the molecule is c1ccc2c(-c3c4ccccc4c(-c4ccc5cc(-c6cccc7c6ccc6sc8ccccc8c67)ccc5c4)c4ccccc34)cccc2c1. The van der Waals surface area contributed by atoms with Crippen LogP contribution in [0.25, 0.3) is 107 Å². The van der Waals surface area contributed by atoms with Crippen LogP contribution in [0, 0.1) is 0 Å². The minimum Gasteiger partial charge on any atom is -0.135 e. The minimum atomic E-state index is 1.24. The monoisotopic (exact) mass is 662 g/mol. The molecule has 0 saturated heterocycles. The van der Waals surface area contributed by atoms with Gasteiger partial charge in [0.15, 0.2) is 0 Å². The minimum absolute atomic E-state index is 1.24. The Labute approximate surface area is 299 Å². The fraction of sp³-hybridized carbons (Fsp3) is 0. The Morgan fingerprint density at radius 2 is 0.824 bits per heavy atom. The fourth-order valence-electron chi connectivity index (χ4n) is 8.57. The van der Waals surface area contributed by atoms with Gasteiger partial charge in [-0.05, 0) is 112 Å². The van der Waals surface area contributed by atoms with Gasteiger partial charge in [0.2, 0.25) is 0 Å². The van der Waals surface area contributed by atoms with E-state index in [1.54, 1.807) is 0 Å². The van der Waals surface area contributed by atoms with E-state index in [2.05, 4.69) is 182 Å². The first-order valence-electron chi connectivity index (χ1n) is 17.6. The maximum atomic E-state index is 2.38. The molecular formula is C50H30S. The van der Waals surface area contributed by atoms with E-state index in [1.807, 2.05) is 11.3 Å². The fourth-order valence-corrected chi connectivity index (χ4v) is 9.70. The van der Waals surface area contributed by atoms with Crippen LogP contribution in [0.3, 0.4) is 0 Å². The largest absolute Gasteiger partial charge is 0.135 e. The average molecular weight is 663 g/mol. The van der Waals surface area contributed by atoms with Gasteiger partial charge in [0.05, 0.1) is 0 Å². The zero-order valence-electron chi connectivity index (χ0n) is 27.7. The number of hydrogen-bond acceptors (Lipinski definition) is 1. The van der Waals surface area contributed by atoms with Gasteiger partial charge in [0.25, 0.3) is 0 Å². The quantitative estimate of drug-likeness (QED) is 0.165. The van der Waals surface area contributed by atoms with Crippen molar-refractivity contribution in [3.05, 3.63) is 182 Å². The number of fused-ring (bicyclic) bond motifs is 9. The van der Waals surface area contributed by atoms with Gasteiger partial charge in [0.1, 0.15) is 0 Å². The third kappa shape index (κ3) is 4.32. The number of rotatable bonds is 3. The van der Waals surface area contributed by atoms with Gasteiger partial charge in [-0.3, -0.25) is 0 Å². The molecule has 11 rings (SSSR count). The molecule has 0 amide bonds. The zero-order chi connectivity index (χ0) is 33.5. The van der Waals surface area contributed by atoms with Crippen LogP contribution in [0.1, 0.15) is 0 Å². The molecule has 0 aliphatic heterocycles. The second-order valence-electron chi connectivity index (χ2n) is 13.6. The maximum absolute atomic E-state index is 2.38. The molecule has 0 atom stereocenters. The highest BCUT2D eigenvalue weighted by Gasteiger charge is 2.18. The van der Waals surface area contributed by atoms with Crippen molar-refractivity contribution in [1.82, 2.24) is 0 Å². The van der Waals surface area contributed by atoms with Crippen molar-refractivity contribution in [3.63, 3.8) is 0 Å². The summed E-state index contributed by atoms with van der Waals surface area (Å²) in [6.45, 7) is 0. The Bertz CT molecular complexity index is 3130. The average Bonchev–Trinajstić information content (AvgIpc) is 3.58. The summed E-state index contributed by atoms with van der Waals surface area (Å²) in [5.74, 6) is 0. The van der Waals surface area contributed by atoms with Gasteiger partial charge < -0.3 is 0 Å². The summed E-state index contributed by atoms with van der Waals surface area (Å²) in [6.07, 6.45) is 0. The second-order valence-corrected chi connectivity index (χ2v) is 14.7. The van der Waals surface area contributed by atoms with Crippen LogP contribution in [-0.4, -0.2) is 0 Å². The van der Waals surface area contributed by atoms with E-state index in [9.17, 15) is 0 Å². The predicted molar refractivity (Wildman–Crippen MR) is 223 cm³/mol. The highest BCUT2D eigenvalue weighted by atomic mass is 32.1. The highest BCUT2D eigenvalue weighted by Crippen LogP contribution is 2.46. The predicted octanol–water partition coefficient (Wildman–Crippen LogP) is 14.8. The van der Waals surface area contributed by atoms with Crippen molar-refractivity contribution in [2.45, 2.75) is 0 Å². The third-order valence-electron chi connectivity index (χ3n) is 10.8. The van der Waals surface area contributed by atoms with E-state index >= 15 is 0 Å². The van der Waals surface area contributed by atoms with Gasteiger partial charge in [-0.1, -0.05) is 158 Å². The molecule has 236 valence electrons. The molecule has 0 unspecified atom stereocenters. The Morgan fingerprint density at radius 1 is 0.275 bits per heavy atom. The molecule has 0 radical (unpaired) electrons. The van der Waals surface area contributed by atoms with E-state index in [-0.39, 0.29) is 0 Å². The van der Waals surface area contributed by atoms with Crippen molar-refractivity contribution in [2.75, 3.05) is 0 Å². The van der Waals surface area contributed by atoms with E-state index in [1.165, 1.54) is 107 Å². The molecule has 0 bridgehead atoms. The summed E-state index contributed by atoms with van der Waals surface area (Å²) >= 11 is 1.88. The zero-order valence-corrected chi connectivity index (χ0v) is 28.5. The normalized spacial score (nSPS) is 11.9. The molecule has 0 N–H and O–H groups in total. The molecule has 0 fully saturated rings. The van der Waals surface area contributed by atoms with E-state index < -0.39 is 0 Å². The Hall–Kier alpha value is -6.28. The summed E-state index contributed by atoms with van der Waals surface area (Å²) in [7, 11) is 0. The highest BCUT2D eigenvalue weighted by molar-refractivity contribution is 7.26. The summed E-state index contributed by atoms with van der Waals surface area (Å²) in [4.78, 5) is 0. The molecule has 51 heavy (non-hydrogen) atoms. The van der Waals surface area contributed by atoms with Crippen LogP contribution in [0.2, 0.25) is 0 Å². The lowest BCUT2D eigenvalue weighted by molar-refractivity contribution is 1.67. The topological polar surface area (TPSA) is 0 Å². The van der Waals surface area contributed by atoms with Crippen molar-refractivity contribution in [1.29, 1.82) is 0 Å². The lowest BCUT2D eigenvalue weighted by Crippen LogP contribution is -1.91. The lowest BCUT2D eigenvalue weighted by atomic mass is 9.84. The number of thiophene rings is 1. The van der Waals surface area contributed by atoms with Crippen molar-refractivity contribution in [3.8, 4) is 33.4 Å². The van der Waals surface area contributed by atoms with Crippen LogP contribution < -0.4 is 0 Å². The molecule has 0 nitrogen and oxygen atoms in total. The standard InChI is InChI=1S/C50H30S/c1-2-13-36-31(11-1)12-9-20-39(36)49-43-16-5-3-14-41(43)48(42-15-4-6-17-44(42)49)35-26-24-32-29-34(25-23-33(32)30-35)37-19-10-21-40-38(37)27-28-47-50(40)45-18-7-8-22-46(45)51-47/h1-30H. The van der Waals surface area contributed by atoms with Crippen molar-refractivity contribution >= 4 is 85.4 Å².